The van der Waals surface area contributed by atoms with Crippen molar-refractivity contribution in [2.75, 3.05) is 6.26 Å². The molecular formula is C10H14N2O4S. The lowest BCUT2D eigenvalue weighted by molar-refractivity contribution is -0.142. The van der Waals surface area contributed by atoms with Crippen molar-refractivity contribution in [1.82, 2.24) is 9.78 Å². The van der Waals surface area contributed by atoms with Crippen LogP contribution in [0.2, 0.25) is 0 Å². The fourth-order valence-corrected chi connectivity index (χ4v) is 2.78. The summed E-state index contributed by atoms with van der Waals surface area (Å²) in [5.41, 5.74) is 0. The van der Waals surface area contributed by atoms with Crippen molar-refractivity contribution < 1.29 is 18.3 Å². The van der Waals surface area contributed by atoms with E-state index in [1.807, 2.05) is 0 Å². The van der Waals surface area contributed by atoms with Gasteiger partial charge in [0.1, 0.15) is 4.90 Å². The Balaban J connectivity index is 2.29. The van der Waals surface area contributed by atoms with Crippen LogP contribution in [0.1, 0.15) is 25.3 Å². The molecule has 1 saturated carbocycles. The predicted octanol–water partition coefficient (Wildman–Crippen LogP) is 0.712. The molecule has 0 aliphatic heterocycles. The summed E-state index contributed by atoms with van der Waals surface area (Å²) in [6.07, 6.45) is 5.97. The molecule has 1 fully saturated rings. The topological polar surface area (TPSA) is 89.3 Å². The van der Waals surface area contributed by atoms with Crippen LogP contribution in [-0.2, 0) is 14.6 Å². The third-order valence-corrected chi connectivity index (χ3v) is 4.21. The zero-order valence-corrected chi connectivity index (χ0v) is 10.2. The van der Waals surface area contributed by atoms with E-state index in [2.05, 4.69) is 5.10 Å². The Hall–Kier alpha value is -1.37. The minimum atomic E-state index is -3.28. The van der Waals surface area contributed by atoms with Crippen molar-refractivity contribution in [3.05, 3.63) is 12.4 Å². The summed E-state index contributed by atoms with van der Waals surface area (Å²) in [4.78, 5) is 11.2. The van der Waals surface area contributed by atoms with Gasteiger partial charge in [-0.25, -0.2) is 8.42 Å². The van der Waals surface area contributed by atoms with Crippen LogP contribution in [0, 0.1) is 5.92 Å². The van der Waals surface area contributed by atoms with E-state index in [-0.39, 0.29) is 10.9 Å². The molecular weight excluding hydrogens is 244 g/mol. The highest BCUT2D eigenvalue weighted by Crippen LogP contribution is 2.35. The normalized spacial score (nSPS) is 25.0. The van der Waals surface area contributed by atoms with Crippen LogP contribution < -0.4 is 0 Å². The van der Waals surface area contributed by atoms with Gasteiger partial charge in [0, 0.05) is 12.5 Å². The van der Waals surface area contributed by atoms with Gasteiger partial charge in [-0.15, -0.1) is 0 Å². The lowest BCUT2D eigenvalue weighted by Crippen LogP contribution is -2.21. The van der Waals surface area contributed by atoms with Crippen LogP contribution in [0.4, 0.5) is 0 Å². The maximum atomic E-state index is 11.3. The number of nitrogens with zero attached hydrogens (tertiary/aromatic N) is 2. The summed E-state index contributed by atoms with van der Waals surface area (Å²) in [7, 11) is -3.28. The molecule has 2 rings (SSSR count). The first-order chi connectivity index (χ1) is 7.89. The molecule has 1 aliphatic rings. The molecule has 2 atom stereocenters. The average Bonchev–Trinajstić information content (AvgIpc) is 2.85. The molecule has 1 aromatic rings. The number of hydrogen-bond acceptors (Lipinski definition) is 4. The van der Waals surface area contributed by atoms with E-state index in [1.165, 1.54) is 17.1 Å². The summed E-state index contributed by atoms with van der Waals surface area (Å²) in [5.74, 6) is -1.31. The molecule has 0 spiro atoms. The summed E-state index contributed by atoms with van der Waals surface area (Å²) in [6, 6.07) is -0.233. The number of carboxylic acid groups (broad SMARTS) is 1. The predicted molar refractivity (Wildman–Crippen MR) is 59.4 cm³/mol. The first-order valence-corrected chi connectivity index (χ1v) is 7.26. The van der Waals surface area contributed by atoms with Gasteiger partial charge in [0.2, 0.25) is 0 Å². The number of rotatable bonds is 3. The third kappa shape index (κ3) is 2.33. The molecule has 0 amide bonds. The Morgan fingerprint density at radius 1 is 1.53 bits per heavy atom. The van der Waals surface area contributed by atoms with Gasteiger partial charge >= 0.3 is 5.97 Å². The smallest absolute Gasteiger partial charge is 0.308 e. The molecule has 0 bridgehead atoms. The molecule has 0 radical (unpaired) electrons. The van der Waals surface area contributed by atoms with Crippen molar-refractivity contribution in [2.24, 2.45) is 5.92 Å². The first-order valence-electron chi connectivity index (χ1n) is 5.36. The van der Waals surface area contributed by atoms with Gasteiger partial charge in [-0.2, -0.15) is 5.10 Å². The second-order valence-electron chi connectivity index (χ2n) is 4.37. The van der Waals surface area contributed by atoms with Gasteiger partial charge in [0.25, 0.3) is 0 Å². The van der Waals surface area contributed by atoms with Gasteiger partial charge in [-0.3, -0.25) is 9.48 Å². The third-order valence-electron chi connectivity index (χ3n) is 3.14. The molecule has 6 nitrogen and oxygen atoms in total. The quantitative estimate of drug-likeness (QED) is 0.862. The highest BCUT2D eigenvalue weighted by atomic mass is 32.2. The summed E-state index contributed by atoms with van der Waals surface area (Å²) >= 11 is 0. The van der Waals surface area contributed by atoms with Crippen molar-refractivity contribution in [2.45, 2.75) is 30.2 Å². The molecule has 1 N–H and O–H groups in total. The van der Waals surface area contributed by atoms with Gasteiger partial charge in [0.05, 0.1) is 18.2 Å². The Kier molecular flexibility index (Phi) is 2.94. The minimum Gasteiger partial charge on any atom is -0.481 e. The maximum absolute atomic E-state index is 11.3. The number of aromatic nitrogens is 2. The number of sulfone groups is 1. The van der Waals surface area contributed by atoms with Crippen LogP contribution in [0.5, 0.6) is 0 Å². The fraction of sp³-hybridized carbons (Fsp3) is 0.600. The minimum absolute atomic E-state index is 0.133. The van der Waals surface area contributed by atoms with E-state index in [4.69, 9.17) is 5.11 Å². The van der Waals surface area contributed by atoms with Gasteiger partial charge in [-0.1, -0.05) is 6.42 Å². The fourth-order valence-electron chi connectivity index (χ4n) is 2.24. The maximum Gasteiger partial charge on any atom is 0.308 e. The largest absolute Gasteiger partial charge is 0.481 e. The van der Waals surface area contributed by atoms with Crippen molar-refractivity contribution >= 4 is 15.8 Å². The summed E-state index contributed by atoms with van der Waals surface area (Å²) in [5, 5.41) is 13.0. The second-order valence-corrected chi connectivity index (χ2v) is 6.39. The lowest BCUT2D eigenvalue weighted by atomic mass is 10.0. The highest BCUT2D eigenvalue weighted by Gasteiger charge is 2.34. The van der Waals surface area contributed by atoms with Crippen molar-refractivity contribution in [3.8, 4) is 0 Å². The van der Waals surface area contributed by atoms with Crippen molar-refractivity contribution in [3.63, 3.8) is 0 Å². The zero-order valence-electron chi connectivity index (χ0n) is 9.41. The second kappa shape index (κ2) is 4.14. The molecule has 7 heteroatoms. The highest BCUT2D eigenvalue weighted by molar-refractivity contribution is 7.90. The van der Waals surface area contributed by atoms with Gasteiger partial charge in [-0.05, 0) is 12.8 Å². The first kappa shape index (κ1) is 12.1. The molecule has 1 aliphatic carbocycles. The SMILES string of the molecule is CS(=O)(=O)c1cnn(C2CCCC2C(=O)O)c1. The molecule has 1 heterocycles. The summed E-state index contributed by atoms with van der Waals surface area (Å²) < 4.78 is 24.1. The Bertz CT molecular complexity index is 534. The van der Waals surface area contributed by atoms with Crippen LogP contribution in [-0.4, -0.2) is 35.5 Å². The Morgan fingerprint density at radius 3 is 2.76 bits per heavy atom. The lowest BCUT2D eigenvalue weighted by Gasteiger charge is -2.15. The van der Waals surface area contributed by atoms with Crippen LogP contribution >= 0.6 is 0 Å². The van der Waals surface area contributed by atoms with Crippen LogP contribution in [0.3, 0.4) is 0 Å². The molecule has 0 saturated heterocycles. The molecule has 0 aromatic carbocycles. The molecule has 1 aromatic heterocycles. The Labute approximate surface area is 99.2 Å². The van der Waals surface area contributed by atoms with E-state index in [9.17, 15) is 13.2 Å². The molecule has 94 valence electrons. The van der Waals surface area contributed by atoms with Crippen molar-refractivity contribution in [1.29, 1.82) is 0 Å². The van der Waals surface area contributed by atoms with E-state index in [0.29, 0.717) is 6.42 Å². The zero-order chi connectivity index (χ0) is 12.6. The van der Waals surface area contributed by atoms with E-state index >= 15 is 0 Å². The number of carboxylic acids is 1. The standard InChI is InChI=1S/C10H14N2O4S/c1-17(15,16)7-5-11-12(6-7)9-4-2-3-8(9)10(13)14/h5-6,8-9H,2-4H2,1H3,(H,13,14). The monoisotopic (exact) mass is 258 g/mol. The average molecular weight is 258 g/mol. The molecule has 17 heavy (non-hydrogen) atoms. The van der Waals surface area contributed by atoms with Crippen LogP contribution in [0.25, 0.3) is 0 Å². The van der Waals surface area contributed by atoms with Gasteiger partial charge in [0.15, 0.2) is 9.84 Å². The number of aliphatic carboxylic acids is 1. The van der Waals surface area contributed by atoms with E-state index in [0.717, 1.165) is 19.1 Å². The van der Waals surface area contributed by atoms with Crippen LogP contribution in [0.15, 0.2) is 17.3 Å². The number of hydrogen-bond donors (Lipinski definition) is 1. The number of carbonyl (C=O) groups is 1. The van der Waals surface area contributed by atoms with E-state index in [1.54, 1.807) is 0 Å². The molecule has 2 unspecified atom stereocenters. The summed E-state index contributed by atoms with van der Waals surface area (Å²) in [6.45, 7) is 0. The Morgan fingerprint density at radius 2 is 2.24 bits per heavy atom. The van der Waals surface area contributed by atoms with E-state index < -0.39 is 21.7 Å². The van der Waals surface area contributed by atoms with Gasteiger partial charge < -0.3 is 5.11 Å².